The van der Waals surface area contributed by atoms with Crippen molar-refractivity contribution in [1.82, 2.24) is 4.90 Å². The zero-order valence-electron chi connectivity index (χ0n) is 18.2. The molecule has 7 heteroatoms. The number of furan rings is 1. The molecule has 0 saturated heterocycles. The fourth-order valence-electron chi connectivity index (χ4n) is 3.44. The molecule has 1 heterocycles. The fraction of sp³-hybridized carbons (Fsp3) is 0.375. The first-order valence-corrected chi connectivity index (χ1v) is 11.0. The van der Waals surface area contributed by atoms with E-state index >= 15 is 0 Å². The monoisotopic (exact) mass is 444 g/mol. The topological polar surface area (TPSA) is 63.9 Å². The van der Waals surface area contributed by atoms with Gasteiger partial charge in [-0.25, -0.2) is 0 Å². The molecule has 3 aromatic rings. The lowest BCUT2D eigenvalue weighted by Gasteiger charge is -2.21. The van der Waals surface area contributed by atoms with Gasteiger partial charge in [-0.3, -0.25) is 9.69 Å². The molecule has 0 unspecified atom stereocenters. The number of carbonyl (C=O) groups excluding carboxylic acids is 1. The molecule has 1 amide bonds. The van der Waals surface area contributed by atoms with Gasteiger partial charge in [-0.05, 0) is 62.3 Å². The predicted molar refractivity (Wildman–Crippen MR) is 125 cm³/mol. The van der Waals surface area contributed by atoms with E-state index in [0.29, 0.717) is 34.4 Å². The lowest BCUT2D eigenvalue weighted by Crippen LogP contribution is -2.30. The molecule has 1 aromatic heterocycles. The Morgan fingerprint density at radius 2 is 1.81 bits per heavy atom. The Morgan fingerprint density at radius 1 is 1.03 bits per heavy atom. The van der Waals surface area contributed by atoms with E-state index in [9.17, 15) is 4.79 Å². The number of fused-ring (bicyclic) bond motifs is 1. The van der Waals surface area contributed by atoms with Crippen LogP contribution in [0.2, 0.25) is 5.02 Å². The molecule has 0 spiro atoms. The second-order valence-electron chi connectivity index (χ2n) is 7.30. The average molecular weight is 445 g/mol. The second-order valence-corrected chi connectivity index (χ2v) is 7.74. The molecular formula is C24H29ClN2O4. The van der Waals surface area contributed by atoms with Gasteiger partial charge in [-0.15, -0.1) is 0 Å². The minimum atomic E-state index is -0.347. The van der Waals surface area contributed by atoms with Gasteiger partial charge in [0.1, 0.15) is 12.2 Å². The van der Waals surface area contributed by atoms with Crippen LogP contribution in [-0.2, 0) is 0 Å². The molecule has 0 aliphatic rings. The Hall–Kier alpha value is -2.70. The van der Waals surface area contributed by atoms with E-state index in [1.165, 1.54) is 0 Å². The summed E-state index contributed by atoms with van der Waals surface area (Å²) in [4.78, 5) is 15.0. The number of benzene rings is 2. The molecule has 0 aliphatic carbocycles. The highest BCUT2D eigenvalue weighted by molar-refractivity contribution is 6.31. The molecule has 0 fully saturated rings. The minimum absolute atomic E-state index is 0.213. The lowest BCUT2D eigenvalue weighted by atomic mass is 10.2. The molecule has 3 rings (SSSR count). The number of amides is 1. The van der Waals surface area contributed by atoms with Crippen LogP contribution in [0.5, 0.6) is 11.5 Å². The molecule has 2 aromatic carbocycles. The summed E-state index contributed by atoms with van der Waals surface area (Å²) in [6, 6.07) is 12.2. The van der Waals surface area contributed by atoms with Crippen LogP contribution >= 0.6 is 11.6 Å². The van der Waals surface area contributed by atoms with Crippen LogP contribution in [0.4, 0.5) is 5.69 Å². The van der Waals surface area contributed by atoms with Crippen molar-refractivity contribution in [2.24, 2.45) is 0 Å². The van der Waals surface area contributed by atoms with Crippen LogP contribution < -0.4 is 14.8 Å². The largest absolute Gasteiger partial charge is 0.493 e. The molecule has 0 bridgehead atoms. The summed E-state index contributed by atoms with van der Waals surface area (Å²) in [5.41, 5.74) is 1.20. The Labute approximate surface area is 188 Å². The number of halogens is 1. The average Bonchev–Trinajstić information content (AvgIpc) is 3.18. The summed E-state index contributed by atoms with van der Waals surface area (Å²) >= 11 is 6.01. The third-order valence-corrected chi connectivity index (χ3v) is 5.10. The summed E-state index contributed by atoms with van der Waals surface area (Å²) in [5, 5.41) is 4.22. The van der Waals surface area contributed by atoms with Crippen molar-refractivity contribution in [3.63, 3.8) is 0 Å². The van der Waals surface area contributed by atoms with Crippen LogP contribution in [0, 0.1) is 0 Å². The Balaban J connectivity index is 1.67. The van der Waals surface area contributed by atoms with Crippen molar-refractivity contribution in [1.29, 1.82) is 0 Å². The van der Waals surface area contributed by atoms with Gasteiger partial charge in [-0.1, -0.05) is 25.4 Å². The maximum Gasteiger partial charge on any atom is 0.291 e. The van der Waals surface area contributed by atoms with Gasteiger partial charge in [0, 0.05) is 28.7 Å². The van der Waals surface area contributed by atoms with E-state index in [2.05, 4.69) is 24.1 Å². The summed E-state index contributed by atoms with van der Waals surface area (Å²) < 4.78 is 17.0. The van der Waals surface area contributed by atoms with E-state index in [1.54, 1.807) is 49.6 Å². The molecule has 166 valence electrons. The third-order valence-electron chi connectivity index (χ3n) is 4.87. The summed E-state index contributed by atoms with van der Waals surface area (Å²) in [7, 11) is 1.60. The smallest absolute Gasteiger partial charge is 0.291 e. The summed E-state index contributed by atoms with van der Waals surface area (Å²) in [5.74, 6) is 1.07. The zero-order valence-corrected chi connectivity index (χ0v) is 19.0. The summed E-state index contributed by atoms with van der Waals surface area (Å²) in [6.45, 7) is 7.83. The third kappa shape index (κ3) is 6.15. The second kappa shape index (κ2) is 11.1. The van der Waals surface area contributed by atoms with Gasteiger partial charge >= 0.3 is 0 Å². The Kier molecular flexibility index (Phi) is 8.20. The van der Waals surface area contributed by atoms with E-state index < -0.39 is 0 Å². The Morgan fingerprint density at radius 3 is 2.52 bits per heavy atom. The first-order valence-electron chi connectivity index (χ1n) is 10.6. The number of hydrogen-bond donors (Lipinski definition) is 1. The lowest BCUT2D eigenvalue weighted by molar-refractivity contribution is 0.0998. The maximum absolute atomic E-state index is 12.7. The van der Waals surface area contributed by atoms with E-state index in [1.807, 2.05) is 0 Å². The van der Waals surface area contributed by atoms with Crippen LogP contribution in [0.3, 0.4) is 0 Å². The van der Waals surface area contributed by atoms with Gasteiger partial charge in [0.05, 0.1) is 7.11 Å². The first kappa shape index (κ1) is 23.0. The highest BCUT2D eigenvalue weighted by Gasteiger charge is 2.15. The fourth-order valence-corrected chi connectivity index (χ4v) is 3.62. The summed E-state index contributed by atoms with van der Waals surface area (Å²) in [6.07, 6.45) is 2.22. The van der Waals surface area contributed by atoms with Crippen LogP contribution in [0.15, 0.2) is 46.9 Å². The number of carbonyl (C=O) groups is 1. The van der Waals surface area contributed by atoms with E-state index in [0.717, 1.165) is 37.9 Å². The molecule has 1 N–H and O–H groups in total. The van der Waals surface area contributed by atoms with Crippen molar-refractivity contribution in [2.75, 3.05) is 38.7 Å². The number of anilines is 1. The first-order chi connectivity index (χ1) is 15.0. The van der Waals surface area contributed by atoms with Crippen molar-refractivity contribution >= 4 is 34.2 Å². The van der Waals surface area contributed by atoms with Crippen molar-refractivity contribution < 1.29 is 18.7 Å². The van der Waals surface area contributed by atoms with Crippen molar-refractivity contribution in [3.05, 3.63) is 53.2 Å². The molecule has 6 nitrogen and oxygen atoms in total. The predicted octanol–water partition coefficient (Wildman–Crippen LogP) is 5.85. The highest BCUT2D eigenvalue weighted by Crippen LogP contribution is 2.31. The van der Waals surface area contributed by atoms with Gasteiger partial charge in [-0.2, -0.15) is 0 Å². The number of hydrogen-bond acceptors (Lipinski definition) is 5. The quantitative estimate of drug-likeness (QED) is 0.402. The standard InChI is InChI=1S/C24H29ClN2O4/c1-4-10-27(11-5-2)12-13-30-22-16-19(7-9-21(22)29-3)26-24(28)23-15-17-14-18(25)6-8-20(17)31-23/h6-9,14-16H,4-5,10-13H2,1-3H3,(H,26,28). The number of methoxy groups -OCH3 is 1. The molecule has 0 atom stereocenters. The van der Waals surface area contributed by atoms with E-state index in [-0.39, 0.29) is 11.7 Å². The van der Waals surface area contributed by atoms with Crippen LogP contribution in [0.25, 0.3) is 11.0 Å². The minimum Gasteiger partial charge on any atom is -0.493 e. The van der Waals surface area contributed by atoms with Crippen molar-refractivity contribution in [2.45, 2.75) is 26.7 Å². The van der Waals surface area contributed by atoms with Gasteiger partial charge in [0.15, 0.2) is 17.3 Å². The normalized spacial score (nSPS) is 11.1. The van der Waals surface area contributed by atoms with Crippen LogP contribution in [-0.4, -0.2) is 44.2 Å². The van der Waals surface area contributed by atoms with Gasteiger partial charge in [0.25, 0.3) is 5.91 Å². The number of nitrogens with one attached hydrogen (secondary N) is 1. The molecule has 31 heavy (non-hydrogen) atoms. The Bertz CT molecular complexity index is 1010. The van der Waals surface area contributed by atoms with Crippen LogP contribution in [0.1, 0.15) is 37.2 Å². The van der Waals surface area contributed by atoms with Crippen molar-refractivity contribution in [3.8, 4) is 11.5 Å². The number of nitrogens with zero attached hydrogens (tertiary/aromatic N) is 1. The SMILES string of the molecule is CCCN(CCC)CCOc1cc(NC(=O)c2cc3cc(Cl)ccc3o2)ccc1OC. The zero-order chi connectivity index (χ0) is 22.2. The highest BCUT2D eigenvalue weighted by atomic mass is 35.5. The molecule has 0 radical (unpaired) electrons. The molecule has 0 aliphatic heterocycles. The number of ether oxygens (including phenoxy) is 2. The molecule has 0 saturated carbocycles. The van der Waals surface area contributed by atoms with Gasteiger partial charge < -0.3 is 19.2 Å². The number of rotatable bonds is 11. The van der Waals surface area contributed by atoms with E-state index in [4.69, 9.17) is 25.5 Å². The maximum atomic E-state index is 12.7. The molecular weight excluding hydrogens is 416 g/mol. The van der Waals surface area contributed by atoms with Gasteiger partial charge in [0.2, 0.25) is 0 Å².